The van der Waals surface area contributed by atoms with E-state index in [9.17, 15) is 4.79 Å². The van der Waals surface area contributed by atoms with Gasteiger partial charge in [-0.1, -0.05) is 17.8 Å². The normalized spacial score (nSPS) is 12.7. The van der Waals surface area contributed by atoms with Gasteiger partial charge in [0.15, 0.2) is 21.8 Å². The SMILES string of the molecule is C=CCNC(=S)Nc1nc2n(c1C(=O)OCC)CCS2. The fraction of sp³-hybridized carbons (Fsp3) is 0.417. The van der Waals surface area contributed by atoms with Crippen molar-refractivity contribution in [2.75, 3.05) is 24.2 Å². The number of carbonyl (C=O) groups is 1. The third kappa shape index (κ3) is 3.13. The molecule has 1 aliphatic rings. The van der Waals surface area contributed by atoms with Crippen LogP contribution in [-0.4, -0.2) is 39.5 Å². The molecular formula is C12H16N4O2S2. The molecule has 0 unspecified atom stereocenters. The van der Waals surface area contributed by atoms with Gasteiger partial charge in [-0.15, -0.1) is 6.58 Å². The maximum absolute atomic E-state index is 12.1. The van der Waals surface area contributed by atoms with Crippen molar-refractivity contribution in [3.8, 4) is 0 Å². The Balaban J connectivity index is 2.21. The van der Waals surface area contributed by atoms with Crippen LogP contribution in [0.15, 0.2) is 17.8 Å². The average molecular weight is 312 g/mol. The number of carbonyl (C=O) groups excluding carboxylic acids is 1. The quantitative estimate of drug-likeness (QED) is 0.486. The number of hydrogen-bond donors (Lipinski definition) is 2. The smallest absolute Gasteiger partial charge is 0.358 e. The van der Waals surface area contributed by atoms with Gasteiger partial charge in [-0.2, -0.15) is 0 Å². The van der Waals surface area contributed by atoms with Crippen LogP contribution in [0, 0.1) is 0 Å². The third-order valence-corrected chi connectivity index (χ3v) is 3.79. The Morgan fingerprint density at radius 3 is 3.20 bits per heavy atom. The van der Waals surface area contributed by atoms with Crippen molar-refractivity contribution in [2.24, 2.45) is 0 Å². The summed E-state index contributed by atoms with van der Waals surface area (Å²) < 4.78 is 6.95. The molecule has 0 bridgehead atoms. The molecular weight excluding hydrogens is 296 g/mol. The van der Waals surface area contributed by atoms with Crippen molar-refractivity contribution in [1.29, 1.82) is 0 Å². The van der Waals surface area contributed by atoms with Crippen molar-refractivity contribution in [1.82, 2.24) is 14.9 Å². The monoisotopic (exact) mass is 312 g/mol. The number of anilines is 1. The fourth-order valence-corrected chi connectivity index (χ4v) is 2.92. The summed E-state index contributed by atoms with van der Waals surface area (Å²) in [6.45, 7) is 6.99. The predicted molar refractivity (Wildman–Crippen MR) is 83.3 cm³/mol. The topological polar surface area (TPSA) is 68.2 Å². The molecule has 1 aliphatic heterocycles. The van der Waals surface area contributed by atoms with Crippen LogP contribution < -0.4 is 10.6 Å². The van der Waals surface area contributed by atoms with E-state index in [1.54, 1.807) is 24.8 Å². The number of ether oxygens (including phenoxy) is 1. The molecule has 0 aromatic carbocycles. The Hall–Kier alpha value is -1.54. The third-order valence-electron chi connectivity index (χ3n) is 2.59. The van der Waals surface area contributed by atoms with E-state index in [1.165, 1.54) is 0 Å². The highest BCUT2D eigenvalue weighted by Gasteiger charge is 2.27. The Labute approximate surface area is 127 Å². The second-order valence-corrected chi connectivity index (χ2v) is 5.41. The van der Waals surface area contributed by atoms with E-state index in [0.717, 1.165) is 17.5 Å². The van der Waals surface area contributed by atoms with Gasteiger partial charge in [0.05, 0.1) is 6.61 Å². The summed E-state index contributed by atoms with van der Waals surface area (Å²) in [6, 6.07) is 0. The van der Waals surface area contributed by atoms with Crippen LogP contribution in [0.1, 0.15) is 17.4 Å². The first-order chi connectivity index (χ1) is 9.67. The molecule has 0 amide bonds. The van der Waals surface area contributed by atoms with Crippen LogP contribution in [0.3, 0.4) is 0 Å². The number of aromatic nitrogens is 2. The predicted octanol–water partition coefficient (Wildman–Crippen LogP) is 1.64. The molecule has 108 valence electrons. The second-order valence-electron chi connectivity index (χ2n) is 3.94. The lowest BCUT2D eigenvalue weighted by Gasteiger charge is -2.10. The molecule has 6 nitrogen and oxygen atoms in total. The summed E-state index contributed by atoms with van der Waals surface area (Å²) in [5.74, 6) is 0.962. The molecule has 0 fully saturated rings. The van der Waals surface area contributed by atoms with E-state index in [4.69, 9.17) is 17.0 Å². The number of nitrogens with one attached hydrogen (secondary N) is 2. The Morgan fingerprint density at radius 1 is 1.70 bits per heavy atom. The van der Waals surface area contributed by atoms with Crippen LogP contribution in [0.4, 0.5) is 5.82 Å². The lowest BCUT2D eigenvalue weighted by Crippen LogP contribution is -2.29. The zero-order valence-electron chi connectivity index (χ0n) is 11.1. The Kier molecular flexibility index (Phi) is 5.02. The fourth-order valence-electron chi connectivity index (χ4n) is 1.79. The number of esters is 1. The highest BCUT2D eigenvalue weighted by atomic mass is 32.2. The van der Waals surface area contributed by atoms with Gasteiger partial charge in [-0.25, -0.2) is 9.78 Å². The number of nitrogens with zero attached hydrogens (tertiary/aromatic N) is 2. The van der Waals surface area contributed by atoms with E-state index >= 15 is 0 Å². The minimum absolute atomic E-state index is 0.324. The molecule has 0 radical (unpaired) electrons. The van der Waals surface area contributed by atoms with E-state index in [-0.39, 0.29) is 5.97 Å². The van der Waals surface area contributed by atoms with E-state index in [0.29, 0.717) is 29.8 Å². The Bertz CT molecular complexity index is 542. The van der Waals surface area contributed by atoms with Crippen LogP contribution >= 0.6 is 24.0 Å². The molecule has 1 aromatic heterocycles. The number of rotatable bonds is 5. The van der Waals surface area contributed by atoms with Gasteiger partial charge < -0.3 is 19.9 Å². The molecule has 0 aliphatic carbocycles. The zero-order valence-corrected chi connectivity index (χ0v) is 12.8. The zero-order chi connectivity index (χ0) is 14.5. The summed E-state index contributed by atoms with van der Waals surface area (Å²) in [5, 5.41) is 7.09. The molecule has 2 heterocycles. The molecule has 0 saturated carbocycles. The van der Waals surface area contributed by atoms with Gasteiger partial charge in [-0.05, 0) is 19.1 Å². The molecule has 1 aromatic rings. The van der Waals surface area contributed by atoms with Crippen molar-refractivity contribution in [2.45, 2.75) is 18.6 Å². The molecule has 8 heteroatoms. The first-order valence-corrected chi connectivity index (χ1v) is 7.63. The van der Waals surface area contributed by atoms with Crippen LogP contribution in [-0.2, 0) is 11.3 Å². The highest BCUT2D eigenvalue weighted by molar-refractivity contribution is 7.99. The maximum Gasteiger partial charge on any atom is 0.358 e. The van der Waals surface area contributed by atoms with Gasteiger partial charge in [0.25, 0.3) is 0 Å². The van der Waals surface area contributed by atoms with E-state index in [2.05, 4.69) is 22.2 Å². The number of hydrogen-bond acceptors (Lipinski definition) is 5. The number of fused-ring (bicyclic) bond motifs is 1. The van der Waals surface area contributed by atoms with Crippen molar-refractivity contribution >= 4 is 40.9 Å². The van der Waals surface area contributed by atoms with Gasteiger partial charge in [-0.3, -0.25) is 0 Å². The van der Waals surface area contributed by atoms with Gasteiger partial charge in [0.2, 0.25) is 0 Å². The first-order valence-electron chi connectivity index (χ1n) is 6.23. The van der Waals surface area contributed by atoms with Crippen molar-refractivity contribution in [3.05, 3.63) is 18.3 Å². The largest absolute Gasteiger partial charge is 0.461 e. The molecule has 0 spiro atoms. The van der Waals surface area contributed by atoms with Crippen LogP contribution in [0.2, 0.25) is 0 Å². The van der Waals surface area contributed by atoms with Gasteiger partial charge in [0, 0.05) is 18.8 Å². The lowest BCUT2D eigenvalue weighted by molar-refractivity contribution is 0.0514. The van der Waals surface area contributed by atoms with E-state index in [1.807, 2.05) is 4.57 Å². The molecule has 2 N–H and O–H groups in total. The summed E-state index contributed by atoms with van der Waals surface area (Å²) >= 11 is 6.75. The molecule has 2 rings (SSSR count). The average Bonchev–Trinajstić information content (AvgIpc) is 2.96. The number of thioether (sulfide) groups is 1. The van der Waals surface area contributed by atoms with Crippen molar-refractivity contribution < 1.29 is 9.53 Å². The molecule has 0 atom stereocenters. The number of thiocarbonyl (C=S) groups is 1. The molecule has 0 saturated heterocycles. The van der Waals surface area contributed by atoms with Crippen LogP contribution in [0.5, 0.6) is 0 Å². The van der Waals surface area contributed by atoms with E-state index < -0.39 is 0 Å². The molecule has 20 heavy (non-hydrogen) atoms. The summed E-state index contributed by atoms with van der Waals surface area (Å²) in [7, 11) is 0. The van der Waals surface area contributed by atoms with Crippen molar-refractivity contribution in [3.63, 3.8) is 0 Å². The van der Waals surface area contributed by atoms with Crippen LogP contribution in [0.25, 0.3) is 0 Å². The summed E-state index contributed by atoms with van der Waals surface area (Å²) in [6.07, 6.45) is 1.70. The standard InChI is InChI=1S/C12H16N4O2S2/c1-3-5-13-11(19)14-9-8(10(17)18-4-2)16-6-7-20-12(16)15-9/h3H,1,4-7H2,2H3,(H2,13,14,19). The summed E-state index contributed by atoms with van der Waals surface area (Å²) in [4.78, 5) is 16.5. The van der Waals surface area contributed by atoms with Gasteiger partial charge >= 0.3 is 5.97 Å². The first kappa shape index (κ1) is 14.9. The minimum Gasteiger partial charge on any atom is -0.461 e. The highest BCUT2D eigenvalue weighted by Crippen LogP contribution is 2.31. The lowest BCUT2D eigenvalue weighted by atomic mass is 10.4. The maximum atomic E-state index is 12.1. The Morgan fingerprint density at radius 2 is 2.50 bits per heavy atom. The minimum atomic E-state index is -0.386. The van der Waals surface area contributed by atoms with Gasteiger partial charge in [0.1, 0.15) is 0 Å². The second kappa shape index (κ2) is 6.76. The summed E-state index contributed by atoms with van der Waals surface area (Å²) in [5.41, 5.74) is 0.426. The number of imidazole rings is 1.